The predicted molar refractivity (Wildman–Crippen MR) is 137 cm³/mol. The van der Waals surface area contributed by atoms with E-state index in [-0.39, 0.29) is 5.96 Å². The third-order valence-corrected chi connectivity index (χ3v) is 6.35. The molecule has 1 atom stereocenters. The molecule has 0 radical (unpaired) electrons. The van der Waals surface area contributed by atoms with E-state index >= 15 is 0 Å². The predicted octanol–water partition coefficient (Wildman–Crippen LogP) is 3.70. The van der Waals surface area contributed by atoms with Crippen LogP contribution in [0.25, 0.3) is 38.9 Å². The second-order valence-corrected chi connectivity index (χ2v) is 8.57. The van der Waals surface area contributed by atoms with Gasteiger partial charge in [0.25, 0.3) is 5.96 Å². The number of para-hydroxylation sites is 4. The summed E-state index contributed by atoms with van der Waals surface area (Å²) in [6.45, 7) is 0. The van der Waals surface area contributed by atoms with Crippen LogP contribution in [0.2, 0.25) is 0 Å². The minimum Gasteiger partial charge on any atom is -0.422 e. The fourth-order valence-electron chi connectivity index (χ4n) is 4.72. The molecule has 0 saturated heterocycles. The summed E-state index contributed by atoms with van der Waals surface area (Å²) >= 11 is 0. The molecule has 1 aliphatic rings. The van der Waals surface area contributed by atoms with Gasteiger partial charge in [0.2, 0.25) is 6.17 Å². The highest BCUT2D eigenvalue weighted by molar-refractivity contribution is 5.92. The average Bonchev–Trinajstić information content (AvgIpc) is 3.50. The quantitative estimate of drug-likeness (QED) is 0.267. The van der Waals surface area contributed by atoms with E-state index in [2.05, 4.69) is 10.3 Å². The van der Waals surface area contributed by atoms with Gasteiger partial charge in [-0.05, 0) is 36.4 Å². The number of aromatic amines is 1. The third kappa shape index (κ3) is 3.10. The van der Waals surface area contributed by atoms with Crippen LogP contribution in [0.5, 0.6) is 0 Å². The normalized spacial score (nSPS) is 15.0. The van der Waals surface area contributed by atoms with E-state index in [0.717, 1.165) is 22.1 Å². The van der Waals surface area contributed by atoms with E-state index in [0.29, 0.717) is 28.4 Å². The fraction of sp³-hybridized carbons (Fsp3) is 0.0370. The van der Waals surface area contributed by atoms with Crippen LogP contribution in [0.3, 0.4) is 0 Å². The summed E-state index contributed by atoms with van der Waals surface area (Å²) in [7, 11) is 0. The van der Waals surface area contributed by atoms with Gasteiger partial charge in [-0.2, -0.15) is 10.1 Å². The Bertz CT molecular complexity index is 1860. The molecule has 174 valence electrons. The molecule has 3 aromatic carbocycles. The number of rotatable bonds is 3. The van der Waals surface area contributed by atoms with Crippen molar-refractivity contribution in [1.82, 2.24) is 14.8 Å². The average molecular weight is 475 g/mol. The SMILES string of the molecule is NC1=N[C@@H](c2cn(-c3ccccc3)nc2-c2cc3ccccc3oc2=O)[n+]2c([nH]c3ccccc32)N1. The number of imidazole rings is 1. The van der Waals surface area contributed by atoms with E-state index in [1.165, 1.54) is 0 Å². The molecule has 0 aliphatic carbocycles. The minimum absolute atomic E-state index is 0.260. The van der Waals surface area contributed by atoms with Crippen molar-refractivity contribution in [3.63, 3.8) is 0 Å². The van der Waals surface area contributed by atoms with Crippen LogP contribution in [-0.4, -0.2) is 20.7 Å². The van der Waals surface area contributed by atoms with Gasteiger partial charge in [-0.3, -0.25) is 0 Å². The molecule has 0 bridgehead atoms. The number of nitrogens with two attached hydrogens (primary N) is 1. The Kier molecular flexibility index (Phi) is 4.31. The Balaban J connectivity index is 1.52. The highest BCUT2D eigenvalue weighted by Gasteiger charge is 2.35. The molecule has 9 nitrogen and oxygen atoms in total. The van der Waals surface area contributed by atoms with Crippen molar-refractivity contribution < 1.29 is 8.98 Å². The number of aliphatic imine (C=N–C) groups is 1. The van der Waals surface area contributed by atoms with Crippen molar-refractivity contribution in [3.8, 4) is 16.9 Å². The molecule has 3 aromatic heterocycles. The van der Waals surface area contributed by atoms with Crippen molar-refractivity contribution >= 4 is 33.9 Å². The number of aromatic nitrogens is 4. The first-order valence-corrected chi connectivity index (χ1v) is 11.5. The van der Waals surface area contributed by atoms with Gasteiger partial charge in [-0.25, -0.2) is 24.3 Å². The Morgan fingerprint density at radius 1 is 0.972 bits per heavy atom. The van der Waals surface area contributed by atoms with E-state index in [9.17, 15) is 4.79 Å². The largest absolute Gasteiger partial charge is 0.422 e. The van der Waals surface area contributed by atoms with Crippen LogP contribution in [0.4, 0.5) is 5.95 Å². The molecule has 9 heteroatoms. The summed E-state index contributed by atoms with van der Waals surface area (Å²) < 4.78 is 9.43. The molecular weight excluding hydrogens is 454 g/mol. The van der Waals surface area contributed by atoms with Crippen LogP contribution in [0.1, 0.15) is 11.7 Å². The second kappa shape index (κ2) is 7.67. The Morgan fingerprint density at radius 3 is 2.64 bits per heavy atom. The molecule has 36 heavy (non-hydrogen) atoms. The zero-order valence-electron chi connectivity index (χ0n) is 18.9. The Morgan fingerprint density at radius 2 is 1.75 bits per heavy atom. The molecular formula is C27H20N7O2+. The Hall–Kier alpha value is -5.18. The van der Waals surface area contributed by atoms with E-state index in [1.807, 2.05) is 89.6 Å². The summed E-state index contributed by atoms with van der Waals surface area (Å²) in [5, 5.41) is 8.78. The lowest BCUT2D eigenvalue weighted by Crippen LogP contribution is -2.48. The molecule has 0 spiro atoms. The number of H-pyrrole nitrogens is 1. The van der Waals surface area contributed by atoms with Crippen molar-refractivity contribution in [2.75, 3.05) is 5.32 Å². The van der Waals surface area contributed by atoms with Crippen molar-refractivity contribution in [3.05, 3.63) is 107 Å². The van der Waals surface area contributed by atoms with Gasteiger partial charge in [0.1, 0.15) is 22.3 Å². The standard InChI is InChI=1S/C27H19N7O2/c28-26-30-24(34-21-12-6-5-11-20(21)29-27(34)31-26)19-15-33(17-9-2-1-3-10-17)32-23(19)18-14-16-8-4-7-13-22(16)36-25(18)35/h1-15,24H,(H3,28,29,30,31)/p+1/t24-/m1/s1. The molecule has 7 rings (SSSR count). The Labute approximate surface area is 204 Å². The van der Waals surface area contributed by atoms with Crippen molar-refractivity contribution in [1.29, 1.82) is 0 Å². The zero-order chi connectivity index (χ0) is 24.2. The number of guanidine groups is 1. The highest BCUT2D eigenvalue weighted by atomic mass is 16.4. The maximum absolute atomic E-state index is 13.2. The molecule has 0 unspecified atom stereocenters. The van der Waals surface area contributed by atoms with E-state index in [1.54, 1.807) is 10.7 Å². The van der Waals surface area contributed by atoms with E-state index < -0.39 is 11.8 Å². The number of hydrogen-bond acceptors (Lipinski definition) is 6. The number of nitrogens with zero attached hydrogens (tertiary/aromatic N) is 4. The van der Waals surface area contributed by atoms with Gasteiger partial charge in [-0.1, -0.05) is 48.5 Å². The third-order valence-electron chi connectivity index (χ3n) is 6.35. The van der Waals surface area contributed by atoms with Crippen LogP contribution < -0.4 is 21.2 Å². The van der Waals surface area contributed by atoms with Gasteiger partial charge in [0, 0.05) is 11.6 Å². The van der Waals surface area contributed by atoms with E-state index in [4.69, 9.17) is 20.2 Å². The first kappa shape index (κ1) is 20.2. The summed E-state index contributed by atoms with van der Waals surface area (Å²) in [4.78, 5) is 21.3. The maximum atomic E-state index is 13.2. The van der Waals surface area contributed by atoms with Gasteiger partial charge in [0.15, 0.2) is 0 Å². The fourth-order valence-corrected chi connectivity index (χ4v) is 4.72. The van der Waals surface area contributed by atoms with Gasteiger partial charge >= 0.3 is 11.6 Å². The molecule has 1 aliphatic heterocycles. The van der Waals surface area contributed by atoms with Crippen LogP contribution in [-0.2, 0) is 0 Å². The number of benzene rings is 3. The first-order chi connectivity index (χ1) is 17.7. The lowest BCUT2D eigenvalue weighted by Gasteiger charge is -2.17. The molecule has 4 heterocycles. The molecule has 0 fully saturated rings. The summed E-state index contributed by atoms with van der Waals surface area (Å²) in [6.07, 6.45) is 1.32. The smallest absolute Gasteiger partial charge is 0.365 e. The van der Waals surface area contributed by atoms with Crippen LogP contribution in [0.15, 0.2) is 105 Å². The highest BCUT2D eigenvalue weighted by Crippen LogP contribution is 2.32. The molecule has 0 amide bonds. The summed E-state index contributed by atoms with van der Waals surface area (Å²) in [5.74, 6) is 0.952. The van der Waals surface area contributed by atoms with Crippen molar-refractivity contribution in [2.45, 2.75) is 6.17 Å². The monoisotopic (exact) mass is 474 g/mol. The topological polar surface area (TPSA) is 118 Å². The van der Waals surface area contributed by atoms with Crippen LogP contribution >= 0.6 is 0 Å². The number of nitrogens with one attached hydrogen (secondary N) is 2. The second-order valence-electron chi connectivity index (χ2n) is 8.57. The molecule has 4 N–H and O–H groups in total. The first-order valence-electron chi connectivity index (χ1n) is 11.5. The lowest BCUT2D eigenvalue weighted by atomic mass is 10.1. The molecule has 0 saturated carbocycles. The number of fused-ring (bicyclic) bond motifs is 4. The summed E-state index contributed by atoms with van der Waals surface area (Å²) in [6, 6.07) is 26.9. The number of anilines is 1. The van der Waals surface area contributed by atoms with Crippen LogP contribution in [0, 0.1) is 0 Å². The van der Waals surface area contributed by atoms with Gasteiger partial charge < -0.3 is 10.2 Å². The van der Waals surface area contributed by atoms with Crippen molar-refractivity contribution in [2.24, 2.45) is 10.7 Å². The summed E-state index contributed by atoms with van der Waals surface area (Å²) in [5.41, 5.74) is 10.5. The number of hydrogen-bond donors (Lipinski definition) is 3. The minimum atomic E-state index is -0.573. The molecule has 6 aromatic rings. The maximum Gasteiger partial charge on any atom is 0.365 e. The zero-order valence-corrected chi connectivity index (χ0v) is 18.9. The lowest BCUT2D eigenvalue weighted by molar-refractivity contribution is -0.674. The van der Waals surface area contributed by atoms with Gasteiger partial charge in [0.05, 0.1) is 16.8 Å². The van der Waals surface area contributed by atoms with Gasteiger partial charge in [-0.15, -0.1) is 0 Å².